The summed E-state index contributed by atoms with van der Waals surface area (Å²) in [5.74, 6) is -0.130. The molecule has 0 radical (unpaired) electrons. The first kappa shape index (κ1) is 20.2. The fourth-order valence-corrected chi connectivity index (χ4v) is 3.88. The van der Waals surface area contributed by atoms with E-state index in [1.165, 1.54) is 23.9 Å². The lowest BCUT2D eigenvalue weighted by atomic mass is 10.1. The number of carbonyl (C=O) groups is 1. The Morgan fingerprint density at radius 1 is 1.18 bits per heavy atom. The Morgan fingerprint density at radius 3 is 2.54 bits per heavy atom. The number of rotatable bonds is 6. The summed E-state index contributed by atoms with van der Waals surface area (Å²) >= 11 is 1.54. The minimum atomic E-state index is -0.710. The first-order valence-electron chi connectivity index (χ1n) is 9.01. The Kier molecular flexibility index (Phi) is 6.88. The molecule has 0 aromatic heterocycles. The van der Waals surface area contributed by atoms with Gasteiger partial charge in [0.15, 0.2) is 11.6 Å². The van der Waals surface area contributed by atoms with Crippen LogP contribution in [0.15, 0.2) is 42.5 Å². The van der Waals surface area contributed by atoms with Crippen LogP contribution in [0, 0.1) is 23.0 Å². The summed E-state index contributed by atoms with van der Waals surface area (Å²) in [7, 11) is 0. The zero-order valence-corrected chi connectivity index (χ0v) is 16.1. The van der Waals surface area contributed by atoms with Gasteiger partial charge in [0.1, 0.15) is 11.9 Å². The van der Waals surface area contributed by atoms with Crippen LogP contribution in [0.25, 0.3) is 0 Å². The van der Waals surface area contributed by atoms with Crippen LogP contribution in [0.2, 0.25) is 0 Å². The van der Waals surface area contributed by atoms with Crippen LogP contribution in [0.1, 0.15) is 24.0 Å². The Balaban J connectivity index is 1.40. The number of thioether (sulfide) groups is 1. The highest BCUT2D eigenvalue weighted by Crippen LogP contribution is 2.23. The molecule has 1 amide bonds. The molecule has 146 valence electrons. The third-order valence-corrected chi connectivity index (χ3v) is 5.55. The van der Waals surface area contributed by atoms with E-state index in [9.17, 15) is 13.6 Å². The molecule has 1 heterocycles. The minimum Gasteiger partial charge on any atom is -0.487 e. The largest absolute Gasteiger partial charge is 0.487 e. The molecule has 7 heteroatoms. The summed E-state index contributed by atoms with van der Waals surface area (Å²) in [6.07, 6.45) is 1.04. The fourth-order valence-electron chi connectivity index (χ4n) is 3.00. The van der Waals surface area contributed by atoms with Gasteiger partial charge in [-0.1, -0.05) is 12.1 Å². The Bertz CT molecular complexity index is 860. The molecule has 1 aliphatic heterocycles. The van der Waals surface area contributed by atoms with Crippen molar-refractivity contribution in [3.8, 4) is 11.8 Å². The number of likely N-dealkylation sites (tertiary alicyclic amines) is 1. The Hall–Kier alpha value is -2.59. The Labute approximate surface area is 167 Å². The van der Waals surface area contributed by atoms with Gasteiger partial charge in [0.05, 0.1) is 17.4 Å². The first-order chi connectivity index (χ1) is 13.5. The van der Waals surface area contributed by atoms with E-state index in [-0.39, 0.29) is 17.8 Å². The summed E-state index contributed by atoms with van der Waals surface area (Å²) in [6.45, 7) is 1.12. The van der Waals surface area contributed by atoms with Gasteiger partial charge in [0.2, 0.25) is 5.91 Å². The molecule has 4 nitrogen and oxygen atoms in total. The smallest absolute Gasteiger partial charge is 0.232 e. The van der Waals surface area contributed by atoms with Crippen molar-refractivity contribution < 1.29 is 18.3 Å². The van der Waals surface area contributed by atoms with Crippen LogP contribution in [-0.2, 0) is 10.5 Å². The SMILES string of the molecule is N#Cc1ccc(CSCC(=O)N2CCC(Oc3ccc(F)cc3F)CC2)cc1. The molecule has 0 saturated carbocycles. The van der Waals surface area contributed by atoms with E-state index in [2.05, 4.69) is 6.07 Å². The highest BCUT2D eigenvalue weighted by molar-refractivity contribution is 7.99. The molecule has 0 spiro atoms. The fraction of sp³-hybridized carbons (Fsp3) is 0.333. The lowest BCUT2D eigenvalue weighted by molar-refractivity contribution is -0.130. The van der Waals surface area contributed by atoms with Crippen molar-refractivity contribution in [2.24, 2.45) is 0 Å². The number of carbonyl (C=O) groups excluding carboxylic acids is 1. The molecule has 1 fully saturated rings. The van der Waals surface area contributed by atoms with Crippen molar-refractivity contribution in [1.29, 1.82) is 5.26 Å². The number of piperidine rings is 1. The molecule has 28 heavy (non-hydrogen) atoms. The maximum absolute atomic E-state index is 13.7. The number of amides is 1. The first-order valence-corrected chi connectivity index (χ1v) is 10.2. The van der Waals surface area contributed by atoms with Crippen molar-refractivity contribution >= 4 is 17.7 Å². The Morgan fingerprint density at radius 2 is 1.89 bits per heavy atom. The van der Waals surface area contributed by atoms with E-state index < -0.39 is 11.6 Å². The molecule has 0 unspecified atom stereocenters. The van der Waals surface area contributed by atoms with E-state index in [1.54, 1.807) is 17.0 Å². The van der Waals surface area contributed by atoms with E-state index in [1.807, 2.05) is 12.1 Å². The second-order valence-corrected chi connectivity index (χ2v) is 7.56. The van der Waals surface area contributed by atoms with Crippen LogP contribution in [0.5, 0.6) is 5.75 Å². The van der Waals surface area contributed by atoms with Gasteiger partial charge in [-0.3, -0.25) is 4.79 Å². The maximum Gasteiger partial charge on any atom is 0.232 e. The maximum atomic E-state index is 13.7. The zero-order valence-electron chi connectivity index (χ0n) is 15.2. The molecule has 2 aromatic rings. The normalized spacial score (nSPS) is 14.5. The molecule has 0 bridgehead atoms. The molecule has 3 rings (SSSR count). The van der Waals surface area contributed by atoms with Crippen LogP contribution in [-0.4, -0.2) is 35.8 Å². The van der Waals surface area contributed by atoms with Gasteiger partial charge < -0.3 is 9.64 Å². The summed E-state index contributed by atoms with van der Waals surface area (Å²) in [5, 5.41) is 8.80. The summed E-state index contributed by atoms with van der Waals surface area (Å²) in [5.41, 5.74) is 1.70. The number of ether oxygens (including phenoxy) is 1. The van der Waals surface area contributed by atoms with Crippen LogP contribution in [0.3, 0.4) is 0 Å². The van der Waals surface area contributed by atoms with E-state index in [0.717, 1.165) is 11.6 Å². The lowest BCUT2D eigenvalue weighted by Crippen LogP contribution is -2.42. The van der Waals surface area contributed by atoms with Crippen LogP contribution < -0.4 is 4.74 Å². The molecule has 0 N–H and O–H groups in total. The summed E-state index contributed by atoms with van der Waals surface area (Å²) < 4.78 is 32.3. The number of hydrogen-bond donors (Lipinski definition) is 0. The van der Waals surface area contributed by atoms with Crippen molar-refractivity contribution in [2.45, 2.75) is 24.7 Å². The van der Waals surface area contributed by atoms with Gasteiger partial charge in [0, 0.05) is 37.8 Å². The van der Waals surface area contributed by atoms with Gasteiger partial charge in [0.25, 0.3) is 0 Å². The van der Waals surface area contributed by atoms with Crippen molar-refractivity contribution in [1.82, 2.24) is 4.90 Å². The molecule has 1 saturated heterocycles. The topological polar surface area (TPSA) is 53.3 Å². The number of hydrogen-bond acceptors (Lipinski definition) is 4. The number of nitriles is 1. The third-order valence-electron chi connectivity index (χ3n) is 4.56. The average Bonchev–Trinajstić information content (AvgIpc) is 2.71. The summed E-state index contributed by atoms with van der Waals surface area (Å²) in [6, 6.07) is 12.7. The van der Waals surface area contributed by atoms with E-state index in [4.69, 9.17) is 10.00 Å². The van der Waals surface area contributed by atoms with Gasteiger partial charge in [-0.25, -0.2) is 8.78 Å². The van der Waals surface area contributed by atoms with Gasteiger partial charge in [-0.05, 0) is 29.8 Å². The number of nitrogens with zero attached hydrogens (tertiary/aromatic N) is 2. The van der Waals surface area contributed by atoms with E-state index >= 15 is 0 Å². The third kappa shape index (κ3) is 5.46. The van der Waals surface area contributed by atoms with Gasteiger partial charge in [-0.15, -0.1) is 11.8 Å². The number of benzene rings is 2. The molecule has 0 aliphatic carbocycles. The highest BCUT2D eigenvalue weighted by Gasteiger charge is 2.24. The van der Waals surface area contributed by atoms with Gasteiger partial charge in [-0.2, -0.15) is 5.26 Å². The van der Waals surface area contributed by atoms with E-state index in [0.29, 0.717) is 43.0 Å². The minimum absolute atomic E-state index is 0.0455. The monoisotopic (exact) mass is 402 g/mol. The lowest BCUT2D eigenvalue weighted by Gasteiger charge is -2.32. The van der Waals surface area contributed by atoms with Crippen molar-refractivity contribution in [3.05, 3.63) is 65.2 Å². The zero-order chi connectivity index (χ0) is 19.9. The van der Waals surface area contributed by atoms with Gasteiger partial charge >= 0.3 is 0 Å². The van der Waals surface area contributed by atoms with Crippen LogP contribution in [0.4, 0.5) is 8.78 Å². The second-order valence-electron chi connectivity index (χ2n) is 6.57. The number of halogens is 2. The van der Waals surface area contributed by atoms with Crippen molar-refractivity contribution in [2.75, 3.05) is 18.8 Å². The molecule has 0 atom stereocenters. The average molecular weight is 402 g/mol. The van der Waals surface area contributed by atoms with Crippen LogP contribution >= 0.6 is 11.8 Å². The molecular weight excluding hydrogens is 382 g/mol. The highest BCUT2D eigenvalue weighted by atomic mass is 32.2. The predicted molar refractivity (Wildman–Crippen MR) is 104 cm³/mol. The molecule has 1 aliphatic rings. The predicted octanol–water partition coefficient (Wildman–Crippen LogP) is 4.14. The standard InChI is InChI=1S/C21H20F2N2O2S/c22-17-5-6-20(19(23)11-17)27-18-7-9-25(10-8-18)21(26)14-28-13-16-3-1-15(12-24)2-4-16/h1-6,11,18H,7-10,13-14H2. The molecule has 2 aromatic carbocycles. The second kappa shape index (κ2) is 9.56. The van der Waals surface area contributed by atoms with Crippen molar-refractivity contribution in [3.63, 3.8) is 0 Å². The quantitative estimate of drug-likeness (QED) is 0.729. The summed E-state index contributed by atoms with van der Waals surface area (Å²) in [4.78, 5) is 14.2. The molecular formula is C21H20F2N2O2S.